The van der Waals surface area contributed by atoms with Crippen molar-refractivity contribution < 1.29 is 18.7 Å². The van der Waals surface area contributed by atoms with Gasteiger partial charge < -0.3 is 24.8 Å². The van der Waals surface area contributed by atoms with Gasteiger partial charge in [-0.05, 0) is 65.9 Å². The first-order valence-electron chi connectivity index (χ1n) is 16.1. The number of piperazine rings is 1. The number of nitrogens with zero attached hydrogens (tertiary/aromatic N) is 4. The van der Waals surface area contributed by atoms with Crippen LogP contribution in [0, 0.1) is 11.2 Å². The van der Waals surface area contributed by atoms with Crippen molar-refractivity contribution in [2.75, 3.05) is 47.8 Å². The molecule has 1 fully saturated rings. The average Bonchev–Trinajstić information content (AvgIpc) is 3.20. The molecule has 1 aromatic heterocycles. The van der Waals surface area contributed by atoms with Crippen molar-refractivity contribution in [2.24, 2.45) is 5.41 Å². The number of aromatic nitrogens is 1. The Balaban J connectivity index is 1.27. The number of para-hydroxylation sites is 3. The van der Waals surface area contributed by atoms with Gasteiger partial charge in [0.05, 0.1) is 24.0 Å². The number of hydrogen-bond acceptors (Lipinski definition) is 7. The lowest BCUT2D eigenvalue weighted by atomic mass is 9.73. The Kier molecular flexibility index (Phi) is 8.14. The van der Waals surface area contributed by atoms with E-state index in [-0.39, 0.29) is 29.4 Å². The number of pyridine rings is 1. The minimum absolute atomic E-state index is 0.0119. The summed E-state index contributed by atoms with van der Waals surface area (Å²) in [5.41, 5.74) is 3.48. The summed E-state index contributed by atoms with van der Waals surface area (Å²) in [6, 6.07) is 26.8. The fraction of sp³-hybridized carbons (Fsp3) is 0.289. The van der Waals surface area contributed by atoms with Gasteiger partial charge in [0.25, 0.3) is 0 Å². The SMILES string of the molecule is CC1(C)CC(=O)C2=C(C1)Nc1ccccc1N(CC(=O)N1CCN(c3ccccn3)CC1)C2c1ccc(F)c(Oc2ccccc2)c1. The molecule has 0 saturated carbocycles. The molecule has 240 valence electrons. The molecule has 0 radical (unpaired) electrons. The van der Waals surface area contributed by atoms with Gasteiger partial charge in [0, 0.05) is 50.1 Å². The highest BCUT2D eigenvalue weighted by molar-refractivity contribution is 6.02. The lowest BCUT2D eigenvalue weighted by Crippen LogP contribution is -2.52. The van der Waals surface area contributed by atoms with E-state index in [4.69, 9.17) is 4.74 Å². The van der Waals surface area contributed by atoms with Crippen LogP contribution in [0.25, 0.3) is 0 Å². The van der Waals surface area contributed by atoms with E-state index in [1.807, 2.05) is 70.5 Å². The number of halogens is 1. The number of fused-ring (bicyclic) bond motifs is 1. The number of carbonyl (C=O) groups is 2. The largest absolute Gasteiger partial charge is 0.454 e. The lowest BCUT2D eigenvalue weighted by Gasteiger charge is -2.40. The van der Waals surface area contributed by atoms with Gasteiger partial charge >= 0.3 is 0 Å². The molecule has 1 unspecified atom stereocenters. The molecule has 1 amide bonds. The molecule has 1 atom stereocenters. The molecule has 1 saturated heterocycles. The number of benzene rings is 3. The molecule has 0 spiro atoms. The highest BCUT2D eigenvalue weighted by Gasteiger charge is 2.42. The van der Waals surface area contributed by atoms with E-state index in [0.29, 0.717) is 55.9 Å². The first-order valence-corrected chi connectivity index (χ1v) is 16.1. The molecule has 9 heteroatoms. The van der Waals surface area contributed by atoms with Crippen LogP contribution in [0.2, 0.25) is 0 Å². The normalized spacial score (nSPS) is 19.0. The third-order valence-electron chi connectivity index (χ3n) is 9.16. The van der Waals surface area contributed by atoms with Crippen LogP contribution in [-0.4, -0.2) is 54.3 Å². The number of ketones is 1. The molecule has 3 aliphatic rings. The maximum atomic E-state index is 15.3. The van der Waals surface area contributed by atoms with Crippen LogP contribution in [0.5, 0.6) is 11.5 Å². The summed E-state index contributed by atoms with van der Waals surface area (Å²) in [5.74, 6) is 0.919. The number of carbonyl (C=O) groups excluding carboxylic acids is 2. The Morgan fingerprint density at radius 1 is 0.936 bits per heavy atom. The first kappa shape index (κ1) is 30.5. The van der Waals surface area contributed by atoms with Crippen molar-refractivity contribution >= 4 is 28.9 Å². The summed E-state index contributed by atoms with van der Waals surface area (Å²) in [7, 11) is 0. The van der Waals surface area contributed by atoms with Gasteiger partial charge in [-0.1, -0.05) is 56.3 Å². The van der Waals surface area contributed by atoms with Gasteiger partial charge in [0.15, 0.2) is 17.3 Å². The summed E-state index contributed by atoms with van der Waals surface area (Å²) in [4.78, 5) is 38.8. The van der Waals surface area contributed by atoms with E-state index in [1.165, 1.54) is 6.07 Å². The zero-order chi connectivity index (χ0) is 32.5. The van der Waals surface area contributed by atoms with Gasteiger partial charge in [0.2, 0.25) is 5.91 Å². The predicted molar refractivity (Wildman–Crippen MR) is 181 cm³/mol. The summed E-state index contributed by atoms with van der Waals surface area (Å²) in [5, 5.41) is 3.59. The smallest absolute Gasteiger partial charge is 0.242 e. The van der Waals surface area contributed by atoms with Crippen molar-refractivity contribution in [1.29, 1.82) is 0 Å². The van der Waals surface area contributed by atoms with E-state index >= 15 is 4.39 Å². The van der Waals surface area contributed by atoms with Crippen LogP contribution in [0.4, 0.5) is 21.6 Å². The second kappa shape index (κ2) is 12.5. The topological polar surface area (TPSA) is 78.0 Å². The van der Waals surface area contributed by atoms with Crippen LogP contribution in [0.1, 0.15) is 38.3 Å². The van der Waals surface area contributed by atoms with Gasteiger partial charge in [0.1, 0.15) is 11.6 Å². The molecule has 3 aromatic carbocycles. The lowest BCUT2D eigenvalue weighted by molar-refractivity contribution is -0.130. The predicted octanol–water partition coefficient (Wildman–Crippen LogP) is 6.98. The molecule has 2 aliphatic heterocycles. The average molecular weight is 632 g/mol. The number of rotatable bonds is 6. The van der Waals surface area contributed by atoms with Crippen molar-refractivity contribution in [3.63, 3.8) is 0 Å². The summed E-state index contributed by atoms with van der Waals surface area (Å²) in [6.45, 7) is 6.68. The van der Waals surface area contributed by atoms with Gasteiger partial charge in [-0.15, -0.1) is 0 Å². The molecule has 1 N–H and O–H groups in total. The zero-order valence-electron chi connectivity index (χ0n) is 26.7. The molecule has 8 nitrogen and oxygen atoms in total. The number of anilines is 3. The second-order valence-electron chi connectivity index (χ2n) is 13.2. The molecule has 0 bridgehead atoms. The van der Waals surface area contributed by atoms with E-state index in [0.717, 1.165) is 22.9 Å². The number of nitrogens with one attached hydrogen (secondary N) is 1. The van der Waals surface area contributed by atoms with Gasteiger partial charge in [-0.25, -0.2) is 9.37 Å². The van der Waals surface area contributed by atoms with Crippen LogP contribution in [-0.2, 0) is 9.59 Å². The van der Waals surface area contributed by atoms with Crippen LogP contribution in [0.3, 0.4) is 0 Å². The van der Waals surface area contributed by atoms with E-state index < -0.39 is 11.9 Å². The fourth-order valence-electron chi connectivity index (χ4n) is 6.93. The number of amides is 1. The third-order valence-corrected chi connectivity index (χ3v) is 9.16. The van der Waals surface area contributed by atoms with E-state index in [1.54, 1.807) is 30.5 Å². The highest BCUT2D eigenvalue weighted by Crippen LogP contribution is 2.48. The Labute approximate surface area is 274 Å². The summed E-state index contributed by atoms with van der Waals surface area (Å²) >= 11 is 0. The minimum Gasteiger partial charge on any atom is -0.454 e. The molecular weight excluding hydrogens is 593 g/mol. The Hall–Kier alpha value is -5.18. The second-order valence-corrected chi connectivity index (χ2v) is 13.2. The zero-order valence-corrected chi connectivity index (χ0v) is 26.7. The maximum Gasteiger partial charge on any atom is 0.242 e. The van der Waals surface area contributed by atoms with Crippen LogP contribution < -0.4 is 19.9 Å². The van der Waals surface area contributed by atoms with Crippen molar-refractivity contribution in [3.05, 3.63) is 120 Å². The summed E-state index contributed by atoms with van der Waals surface area (Å²) < 4.78 is 21.3. The monoisotopic (exact) mass is 631 g/mol. The molecule has 7 rings (SSSR count). The van der Waals surface area contributed by atoms with Crippen LogP contribution in [0.15, 0.2) is 108 Å². The van der Waals surface area contributed by atoms with Crippen molar-refractivity contribution in [3.8, 4) is 11.5 Å². The number of hydrogen-bond donors (Lipinski definition) is 1. The standard InChI is InChI=1S/C38H38FN5O3/c1-38(2)23-30-36(32(45)24-38)37(26-15-16-28(39)33(22-26)47-27-10-4-3-5-11-27)44(31-13-7-6-12-29(31)41-30)25-35(46)43-20-18-42(19-21-43)34-14-8-9-17-40-34/h3-17,22,37,41H,18-21,23-25H2,1-2H3. The fourth-order valence-corrected chi connectivity index (χ4v) is 6.93. The van der Waals surface area contributed by atoms with Crippen molar-refractivity contribution in [1.82, 2.24) is 9.88 Å². The van der Waals surface area contributed by atoms with E-state index in [2.05, 4.69) is 29.0 Å². The molecule has 4 aromatic rings. The Morgan fingerprint density at radius 3 is 2.45 bits per heavy atom. The Morgan fingerprint density at radius 2 is 1.68 bits per heavy atom. The van der Waals surface area contributed by atoms with Gasteiger partial charge in [-0.3, -0.25) is 9.59 Å². The molecular formula is C38H38FN5O3. The van der Waals surface area contributed by atoms with Gasteiger partial charge in [-0.2, -0.15) is 0 Å². The minimum atomic E-state index is -0.651. The number of Topliss-reactive ketones (excluding diaryl/α,β-unsaturated/α-hetero) is 1. The molecule has 47 heavy (non-hydrogen) atoms. The maximum absolute atomic E-state index is 15.3. The molecule has 1 aliphatic carbocycles. The van der Waals surface area contributed by atoms with Crippen LogP contribution >= 0.6 is 0 Å². The number of allylic oxidation sites excluding steroid dienone is 1. The first-order chi connectivity index (χ1) is 22.8. The molecule has 3 heterocycles. The third kappa shape index (κ3) is 6.30. The quantitative estimate of drug-likeness (QED) is 0.246. The highest BCUT2D eigenvalue weighted by atomic mass is 19.1. The van der Waals surface area contributed by atoms with Crippen molar-refractivity contribution in [2.45, 2.75) is 32.7 Å². The summed E-state index contributed by atoms with van der Waals surface area (Å²) in [6.07, 6.45) is 2.80. The number of ether oxygens (including phenoxy) is 1. The Bertz CT molecular complexity index is 1820. The van der Waals surface area contributed by atoms with E-state index in [9.17, 15) is 9.59 Å².